The lowest BCUT2D eigenvalue weighted by atomic mass is 10.2. The van der Waals surface area contributed by atoms with Crippen molar-refractivity contribution in [1.29, 1.82) is 0 Å². The summed E-state index contributed by atoms with van der Waals surface area (Å²) >= 11 is 0. The molecule has 5 heteroatoms. The van der Waals surface area contributed by atoms with Crippen molar-refractivity contribution in [2.45, 2.75) is 6.54 Å². The van der Waals surface area contributed by atoms with Gasteiger partial charge < -0.3 is 9.09 Å². The minimum atomic E-state index is 0.491. The Morgan fingerprint density at radius 1 is 0.913 bits per heavy atom. The lowest BCUT2D eigenvalue weighted by Gasteiger charge is -2.05. The molecule has 112 valence electrons. The maximum atomic E-state index is 5.37. The third-order valence-electron chi connectivity index (χ3n) is 3.56. The van der Waals surface area contributed by atoms with Crippen molar-refractivity contribution in [1.82, 2.24) is 19.7 Å². The summed E-state index contributed by atoms with van der Waals surface area (Å²) in [6, 6.07) is 19.9. The zero-order valence-corrected chi connectivity index (χ0v) is 12.3. The molecule has 2 heterocycles. The van der Waals surface area contributed by atoms with E-state index < -0.39 is 0 Å². The minimum Gasteiger partial charge on any atom is -0.334 e. The van der Waals surface area contributed by atoms with Crippen LogP contribution in [-0.4, -0.2) is 19.7 Å². The third kappa shape index (κ3) is 2.76. The van der Waals surface area contributed by atoms with E-state index in [1.54, 1.807) is 6.20 Å². The van der Waals surface area contributed by atoms with Gasteiger partial charge in [-0.25, -0.2) is 4.98 Å². The van der Waals surface area contributed by atoms with E-state index in [4.69, 9.17) is 4.52 Å². The summed E-state index contributed by atoms with van der Waals surface area (Å²) in [4.78, 5) is 8.83. The predicted molar refractivity (Wildman–Crippen MR) is 86.5 cm³/mol. The van der Waals surface area contributed by atoms with Crippen LogP contribution in [0.25, 0.3) is 23.1 Å². The van der Waals surface area contributed by atoms with Crippen LogP contribution in [0.15, 0.2) is 77.6 Å². The van der Waals surface area contributed by atoms with Crippen molar-refractivity contribution in [3.63, 3.8) is 0 Å². The van der Waals surface area contributed by atoms with Crippen LogP contribution in [0.3, 0.4) is 0 Å². The first-order valence-corrected chi connectivity index (χ1v) is 7.35. The molecule has 0 atom stereocenters. The van der Waals surface area contributed by atoms with Crippen LogP contribution in [0.2, 0.25) is 0 Å². The maximum absolute atomic E-state index is 5.37. The number of hydrogen-bond acceptors (Lipinski definition) is 4. The Labute approximate surface area is 133 Å². The van der Waals surface area contributed by atoms with E-state index in [1.165, 1.54) is 5.56 Å². The Kier molecular flexibility index (Phi) is 3.44. The molecule has 0 aliphatic carbocycles. The fraction of sp³-hybridized carbons (Fsp3) is 0.0556. The van der Waals surface area contributed by atoms with Gasteiger partial charge in [0.1, 0.15) is 0 Å². The summed E-state index contributed by atoms with van der Waals surface area (Å²) in [5, 5.41) is 4.07. The second-order valence-corrected chi connectivity index (χ2v) is 5.15. The second-order valence-electron chi connectivity index (χ2n) is 5.15. The molecule has 0 amide bonds. The van der Waals surface area contributed by atoms with E-state index in [0.29, 0.717) is 24.1 Å². The van der Waals surface area contributed by atoms with Gasteiger partial charge in [0.2, 0.25) is 5.82 Å². The van der Waals surface area contributed by atoms with Crippen molar-refractivity contribution in [2.75, 3.05) is 0 Å². The molecule has 2 aromatic carbocycles. The highest BCUT2D eigenvalue weighted by Crippen LogP contribution is 2.21. The van der Waals surface area contributed by atoms with E-state index in [2.05, 4.69) is 27.3 Å². The van der Waals surface area contributed by atoms with Crippen molar-refractivity contribution in [3.8, 4) is 23.1 Å². The number of hydrogen-bond donors (Lipinski definition) is 0. The van der Waals surface area contributed by atoms with Gasteiger partial charge in [-0.2, -0.15) is 4.98 Å². The second kappa shape index (κ2) is 5.88. The third-order valence-corrected chi connectivity index (χ3v) is 3.56. The Hall–Kier alpha value is -3.21. The van der Waals surface area contributed by atoms with Crippen molar-refractivity contribution in [3.05, 3.63) is 78.6 Å². The van der Waals surface area contributed by atoms with Crippen LogP contribution in [-0.2, 0) is 6.54 Å². The summed E-state index contributed by atoms with van der Waals surface area (Å²) in [6.45, 7) is 0.714. The molecule has 5 nitrogen and oxygen atoms in total. The molecule has 0 saturated heterocycles. The molecule has 0 saturated carbocycles. The van der Waals surface area contributed by atoms with Crippen LogP contribution in [0.4, 0.5) is 0 Å². The van der Waals surface area contributed by atoms with Crippen LogP contribution in [0, 0.1) is 0 Å². The fourth-order valence-electron chi connectivity index (χ4n) is 2.44. The molecule has 0 fully saturated rings. The molecule has 23 heavy (non-hydrogen) atoms. The largest absolute Gasteiger partial charge is 0.334 e. The fourth-order valence-corrected chi connectivity index (χ4v) is 2.44. The first kappa shape index (κ1) is 13.5. The molecule has 0 aliphatic rings. The smallest absolute Gasteiger partial charge is 0.258 e. The van der Waals surface area contributed by atoms with Crippen LogP contribution in [0.1, 0.15) is 5.56 Å². The number of aromatic nitrogens is 4. The van der Waals surface area contributed by atoms with Gasteiger partial charge in [-0.05, 0) is 17.7 Å². The lowest BCUT2D eigenvalue weighted by molar-refractivity contribution is 0.431. The number of rotatable bonds is 4. The number of nitrogens with zero attached hydrogens (tertiary/aromatic N) is 4. The molecular formula is C18H14N4O. The van der Waals surface area contributed by atoms with E-state index in [-0.39, 0.29) is 0 Å². The van der Waals surface area contributed by atoms with Crippen LogP contribution >= 0.6 is 0 Å². The van der Waals surface area contributed by atoms with E-state index in [0.717, 1.165) is 5.56 Å². The van der Waals surface area contributed by atoms with Gasteiger partial charge in [0.25, 0.3) is 5.89 Å². The van der Waals surface area contributed by atoms with Gasteiger partial charge in [0.15, 0.2) is 5.82 Å². The Bertz CT molecular complexity index is 897. The predicted octanol–water partition coefficient (Wildman–Crippen LogP) is 3.65. The van der Waals surface area contributed by atoms with Crippen molar-refractivity contribution in [2.24, 2.45) is 0 Å². The van der Waals surface area contributed by atoms with Crippen molar-refractivity contribution >= 4 is 0 Å². The summed E-state index contributed by atoms with van der Waals surface area (Å²) in [6.07, 6.45) is 3.66. The first-order chi connectivity index (χ1) is 11.4. The zero-order chi connectivity index (χ0) is 15.5. The molecule has 0 N–H and O–H groups in total. The zero-order valence-electron chi connectivity index (χ0n) is 12.3. The highest BCUT2D eigenvalue weighted by molar-refractivity contribution is 5.55. The monoisotopic (exact) mass is 302 g/mol. The number of benzene rings is 2. The summed E-state index contributed by atoms with van der Waals surface area (Å²) < 4.78 is 7.37. The van der Waals surface area contributed by atoms with Gasteiger partial charge >= 0.3 is 0 Å². The number of imidazole rings is 1. The SMILES string of the molecule is c1ccc(Cn2ccnc2-c2noc(-c3ccccc3)n2)cc1. The van der Waals surface area contributed by atoms with Crippen LogP contribution in [0.5, 0.6) is 0 Å². The van der Waals surface area contributed by atoms with Gasteiger partial charge in [-0.1, -0.05) is 53.7 Å². The Morgan fingerprint density at radius 3 is 2.43 bits per heavy atom. The maximum Gasteiger partial charge on any atom is 0.258 e. The average Bonchev–Trinajstić information content (AvgIpc) is 3.25. The highest BCUT2D eigenvalue weighted by atomic mass is 16.5. The minimum absolute atomic E-state index is 0.491. The summed E-state index contributed by atoms with van der Waals surface area (Å²) in [7, 11) is 0. The Balaban J connectivity index is 1.65. The molecule has 0 bridgehead atoms. The molecule has 0 radical (unpaired) electrons. The van der Waals surface area contributed by atoms with Crippen molar-refractivity contribution < 1.29 is 4.52 Å². The first-order valence-electron chi connectivity index (χ1n) is 7.35. The molecule has 2 aromatic heterocycles. The van der Waals surface area contributed by atoms with Crippen LogP contribution < -0.4 is 0 Å². The van der Waals surface area contributed by atoms with Gasteiger partial charge in [0.05, 0.1) is 0 Å². The van der Waals surface area contributed by atoms with Gasteiger partial charge in [-0.15, -0.1) is 0 Å². The quantitative estimate of drug-likeness (QED) is 0.577. The molecule has 0 spiro atoms. The lowest BCUT2D eigenvalue weighted by Crippen LogP contribution is -2.01. The summed E-state index contributed by atoms with van der Waals surface area (Å²) in [5.74, 6) is 1.68. The normalized spacial score (nSPS) is 10.8. The molecule has 4 rings (SSSR count). The molecule has 4 aromatic rings. The standard InChI is InChI=1S/C18H14N4O/c1-3-7-14(8-4-1)13-22-12-11-19-17(22)16-20-18(23-21-16)15-9-5-2-6-10-15/h1-12H,13H2. The van der Waals surface area contributed by atoms with E-state index >= 15 is 0 Å². The van der Waals surface area contributed by atoms with Gasteiger partial charge in [-0.3, -0.25) is 0 Å². The molecule has 0 aliphatic heterocycles. The average molecular weight is 302 g/mol. The summed E-state index contributed by atoms with van der Waals surface area (Å²) in [5.41, 5.74) is 2.09. The molecule has 0 unspecified atom stereocenters. The topological polar surface area (TPSA) is 56.7 Å². The molecular weight excluding hydrogens is 288 g/mol. The Morgan fingerprint density at radius 2 is 1.65 bits per heavy atom. The highest BCUT2D eigenvalue weighted by Gasteiger charge is 2.15. The van der Waals surface area contributed by atoms with E-state index in [1.807, 2.05) is 59.3 Å². The van der Waals surface area contributed by atoms with Gasteiger partial charge in [0, 0.05) is 24.5 Å². The van der Waals surface area contributed by atoms with E-state index in [9.17, 15) is 0 Å².